The number of amides is 1. The van der Waals surface area contributed by atoms with Gasteiger partial charge >= 0.3 is 0 Å². The van der Waals surface area contributed by atoms with E-state index in [9.17, 15) is 4.79 Å². The van der Waals surface area contributed by atoms with Gasteiger partial charge in [-0.05, 0) is 25.1 Å². The lowest BCUT2D eigenvalue weighted by atomic mass is 10.1. The number of aromatic nitrogens is 1. The minimum Gasteiger partial charge on any atom is -0.496 e. The molecule has 150 valence electrons. The van der Waals surface area contributed by atoms with E-state index in [4.69, 9.17) is 20.6 Å². The van der Waals surface area contributed by atoms with Crippen molar-refractivity contribution in [3.63, 3.8) is 0 Å². The van der Waals surface area contributed by atoms with E-state index in [0.717, 1.165) is 21.3 Å². The van der Waals surface area contributed by atoms with Crippen LogP contribution in [-0.2, 0) is 17.8 Å². The van der Waals surface area contributed by atoms with E-state index < -0.39 is 0 Å². The standard InChI is InChI=1S/C22H22N2O4S/c1-6-11-24-20-17(27-4)9-10-18(28-5)21(20)29-22(24)23-19(25)13-15-12-14(2)7-8-16(15)26-3/h1,7-10,12H,11,13H2,2-5H3. The third kappa shape index (κ3) is 4.13. The summed E-state index contributed by atoms with van der Waals surface area (Å²) in [4.78, 5) is 17.6. The Labute approximate surface area is 173 Å². The molecule has 0 unspecified atom stereocenters. The number of terminal acetylenes is 1. The zero-order valence-electron chi connectivity index (χ0n) is 16.8. The summed E-state index contributed by atoms with van der Waals surface area (Å²) in [6, 6.07) is 9.35. The van der Waals surface area contributed by atoms with Crippen LogP contribution in [0.15, 0.2) is 35.3 Å². The van der Waals surface area contributed by atoms with Crippen LogP contribution in [-0.4, -0.2) is 31.8 Å². The second kappa shape index (κ2) is 8.84. The molecule has 0 radical (unpaired) electrons. The summed E-state index contributed by atoms with van der Waals surface area (Å²) in [5.74, 6) is 4.31. The van der Waals surface area contributed by atoms with Crippen molar-refractivity contribution >= 4 is 27.5 Å². The Morgan fingerprint density at radius 2 is 1.76 bits per heavy atom. The Morgan fingerprint density at radius 3 is 2.41 bits per heavy atom. The molecule has 3 aromatic rings. The molecule has 0 N–H and O–H groups in total. The fourth-order valence-corrected chi connectivity index (χ4v) is 4.29. The van der Waals surface area contributed by atoms with Gasteiger partial charge in [0.15, 0.2) is 4.80 Å². The summed E-state index contributed by atoms with van der Waals surface area (Å²) in [7, 11) is 4.77. The first-order valence-corrected chi connectivity index (χ1v) is 9.72. The van der Waals surface area contributed by atoms with E-state index in [1.807, 2.05) is 37.3 Å². The summed E-state index contributed by atoms with van der Waals surface area (Å²) in [5.41, 5.74) is 2.60. The number of carbonyl (C=O) groups excluding carboxylic acids is 1. The highest BCUT2D eigenvalue weighted by atomic mass is 32.1. The fraction of sp³-hybridized carbons (Fsp3) is 0.273. The monoisotopic (exact) mass is 410 g/mol. The van der Waals surface area contributed by atoms with Crippen LogP contribution in [0.1, 0.15) is 11.1 Å². The van der Waals surface area contributed by atoms with Gasteiger partial charge in [0, 0.05) is 5.56 Å². The number of aryl methyl sites for hydroxylation is 1. The SMILES string of the molecule is C#CCn1c(=NC(=O)Cc2cc(C)ccc2OC)sc2c(OC)ccc(OC)c21. The molecule has 2 aromatic carbocycles. The van der Waals surface area contributed by atoms with Crippen molar-refractivity contribution in [2.75, 3.05) is 21.3 Å². The van der Waals surface area contributed by atoms with E-state index in [-0.39, 0.29) is 18.9 Å². The van der Waals surface area contributed by atoms with Crippen molar-refractivity contribution in [3.8, 4) is 29.6 Å². The number of ether oxygens (including phenoxy) is 3. The second-order valence-corrected chi connectivity index (χ2v) is 7.30. The first-order chi connectivity index (χ1) is 14.0. The Hall–Kier alpha value is -3.24. The number of benzene rings is 2. The number of fused-ring (bicyclic) bond motifs is 1. The molecule has 0 saturated heterocycles. The van der Waals surface area contributed by atoms with Crippen molar-refractivity contribution in [2.24, 2.45) is 4.99 Å². The number of nitrogens with zero attached hydrogens (tertiary/aromatic N) is 2. The molecule has 1 heterocycles. The van der Waals surface area contributed by atoms with Gasteiger partial charge in [-0.3, -0.25) is 4.79 Å². The molecule has 0 saturated carbocycles. The molecule has 29 heavy (non-hydrogen) atoms. The molecule has 0 fully saturated rings. The minimum atomic E-state index is -0.288. The Balaban J connectivity index is 2.12. The first-order valence-electron chi connectivity index (χ1n) is 8.91. The first kappa shape index (κ1) is 20.5. The number of carbonyl (C=O) groups is 1. The number of rotatable bonds is 6. The highest BCUT2D eigenvalue weighted by Crippen LogP contribution is 2.35. The van der Waals surface area contributed by atoms with Gasteiger partial charge in [-0.15, -0.1) is 6.42 Å². The molecular weight excluding hydrogens is 388 g/mol. The Morgan fingerprint density at radius 1 is 1.10 bits per heavy atom. The predicted octanol–water partition coefficient (Wildman–Crippen LogP) is 3.34. The van der Waals surface area contributed by atoms with E-state index >= 15 is 0 Å². The number of hydrogen-bond donors (Lipinski definition) is 0. The molecule has 0 bridgehead atoms. The van der Waals surface area contributed by atoms with Crippen LogP contribution in [0.4, 0.5) is 0 Å². The van der Waals surface area contributed by atoms with Gasteiger partial charge in [-0.1, -0.05) is 35.0 Å². The molecule has 0 atom stereocenters. The lowest BCUT2D eigenvalue weighted by Crippen LogP contribution is -2.17. The quantitative estimate of drug-likeness (QED) is 0.585. The summed E-state index contributed by atoms with van der Waals surface area (Å²) in [5, 5.41) is 0. The van der Waals surface area contributed by atoms with Gasteiger partial charge in [-0.2, -0.15) is 4.99 Å². The number of thiazole rings is 1. The van der Waals surface area contributed by atoms with E-state index in [0.29, 0.717) is 22.0 Å². The lowest BCUT2D eigenvalue weighted by Gasteiger charge is -2.08. The van der Waals surface area contributed by atoms with Gasteiger partial charge in [0.2, 0.25) is 0 Å². The molecular formula is C22H22N2O4S. The average Bonchev–Trinajstić information content (AvgIpc) is 3.05. The van der Waals surface area contributed by atoms with Gasteiger partial charge in [-0.25, -0.2) is 0 Å². The molecule has 1 aromatic heterocycles. The van der Waals surface area contributed by atoms with Crippen LogP contribution in [0.2, 0.25) is 0 Å². The summed E-state index contributed by atoms with van der Waals surface area (Å²) in [6.45, 7) is 2.22. The van der Waals surface area contributed by atoms with Crippen molar-refractivity contribution in [1.29, 1.82) is 0 Å². The maximum Gasteiger partial charge on any atom is 0.252 e. The van der Waals surface area contributed by atoms with Crippen molar-refractivity contribution in [3.05, 3.63) is 46.3 Å². The van der Waals surface area contributed by atoms with Gasteiger partial charge < -0.3 is 18.8 Å². The molecule has 1 amide bonds. The van der Waals surface area contributed by atoms with Crippen LogP contribution in [0.3, 0.4) is 0 Å². The van der Waals surface area contributed by atoms with Crippen LogP contribution < -0.4 is 19.0 Å². The third-order valence-corrected chi connectivity index (χ3v) is 5.53. The molecule has 0 spiro atoms. The topological polar surface area (TPSA) is 62.1 Å². The minimum absolute atomic E-state index is 0.128. The molecule has 6 nitrogen and oxygen atoms in total. The second-order valence-electron chi connectivity index (χ2n) is 6.32. The van der Waals surface area contributed by atoms with E-state index in [1.165, 1.54) is 11.3 Å². The van der Waals surface area contributed by atoms with Gasteiger partial charge in [0.05, 0.1) is 34.3 Å². The van der Waals surface area contributed by atoms with Crippen molar-refractivity contribution in [2.45, 2.75) is 19.9 Å². The highest BCUT2D eigenvalue weighted by molar-refractivity contribution is 7.16. The zero-order chi connectivity index (χ0) is 21.0. The molecule has 0 aliphatic carbocycles. The maximum absolute atomic E-state index is 12.8. The Kier molecular flexibility index (Phi) is 6.25. The van der Waals surface area contributed by atoms with Crippen LogP contribution in [0.5, 0.6) is 17.2 Å². The Bertz CT molecular complexity index is 1170. The zero-order valence-corrected chi connectivity index (χ0v) is 17.6. The van der Waals surface area contributed by atoms with Gasteiger partial charge in [0.25, 0.3) is 5.91 Å². The van der Waals surface area contributed by atoms with Crippen molar-refractivity contribution in [1.82, 2.24) is 4.57 Å². The molecule has 3 rings (SSSR count). The number of hydrogen-bond acceptors (Lipinski definition) is 5. The third-order valence-electron chi connectivity index (χ3n) is 4.44. The predicted molar refractivity (Wildman–Crippen MR) is 114 cm³/mol. The average molecular weight is 410 g/mol. The lowest BCUT2D eigenvalue weighted by molar-refractivity contribution is -0.117. The van der Waals surface area contributed by atoms with E-state index in [2.05, 4.69) is 10.9 Å². The van der Waals surface area contributed by atoms with E-state index in [1.54, 1.807) is 25.9 Å². The number of methoxy groups -OCH3 is 3. The van der Waals surface area contributed by atoms with Crippen molar-refractivity contribution < 1.29 is 19.0 Å². The fourth-order valence-electron chi connectivity index (χ4n) is 3.13. The normalized spacial score (nSPS) is 11.3. The van der Waals surface area contributed by atoms with Crippen LogP contribution >= 0.6 is 11.3 Å². The summed E-state index contributed by atoms with van der Waals surface area (Å²) >= 11 is 1.34. The van der Waals surface area contributed by atoms with Gasteiger partial charge in [0.1, 0.15) is 27.5 Å². The largest absolute Gasteiger partial charge is 0.496 e. The van der Waals surface area contributed by atoms with Crippen LogP contribution in [0.25, 0.3) is 10.2 Å². The molecule has 7 heteroatoms. The maximum atomic E-state index is 12.8. The summed E-state index contributed by atoms with van der Waals surface area (Å²) in [6.07, 6.45) is 5.70. The van der Waals surface area contributed by atoms with Crippen LogP contribution in [0, 0.1) is 19.3 Å². The smallest absolute Gasteiger partial charge is 0.252 e. The molecule has 0 aliphatic heterocycles. The molecule has 0 aliphatic rings. The summed E-state index contributed by atoms with van der Waals surface area (Å²) < 4.78 is 18.9. The highest BCUT2D eigenvalue weighted by Gasteiger charge is 2.16.